The molecule has 0 fully saturated rings. The summed E-state index contributed by atoms with van der Waals surface area (Å²) in [7, 11) is 0. The van der Waals surface area contributed by atoms with Crippen molar-refractivity contribution < 1.29 is 9.59 Å². The van der Waals surface area contributed by atoms with Crippen LogP contribution < -0.4 is 5.32 Å². The summed E-state index contributed by atoms with van der Waals surface area (Å²) in [5.41, 5.74) is 2.23. The number of ketones is 1. The van der Waals surface area contributed by atoms with Gasteiger partial charge in [0.25, 0.3) is 5.91 Å². The number of hydrogen-bond donors (Lipinski definition) is 1. The Balaban J connectivity index is 1.51. The average molecular weight is 494 g/mol. The zero-order valence-electron chi connectivity index (χ0n) is 16.9. The van der Waals surface area contributed by atoms with Crippen molar-refractivity contribution in [2.45, 2.75) is 36.9 Å². The van der Waals surface area contributed by atoms with Gasteiger partial charge in [-0.05, 0) is 36.6 Å². The van der Waals surface area contributed by atoms with Crippen molar-refractivity contribution in [2.24, 2.45) is 0 Å². The number of anilines is 1. The summed E-state index contributed by atoms with van der Waals surface area (Å²) >= 11 is 14.4. The van der Waals surface area contributed by atoms with E-state index >= 15 is 0 Å². The van der Waals surface area contributed by atoms with Crippen LogP contribution in [-0.2, 0) is 6.42 Å². The molecular weight excluding hydrogens is 473 g/mol. The number of halogens is 2. The molecule has 0 saturated heterocycles. The molecule has 162 valence electrons. The second-order valence-corrected chi connectivity index (χ2v) is 9.86. The van der Waals surface area contributed by atoms with Crippen molar-refractivity contribution in [3.8, 4) is 0 Å². The lowest BCUT2D eigenvalue weighted by Gasteiger charge is -2.04. The van der Waals surface area contributed by atoms with Gasteiger partial charge in [-0.3, -0.25) is 14.9 Å². The molecule has 9 heteroatoms. The van der Waals surface area contributed by atoms with E-state index in [0.29, 0.717) is 25.6 Å². The lowest BCUT2D eigenvalue weighted by atomic mass is 10.0. The molecular formula is C22H21Cl2N3O2S2. The molecule has 1 aromatic heterocycles. The van der Waals surface area contributed by atoms with Gasteiger partial charge in [0.2, 0.25) is 5.13 Å². The van der Waals surface area contributed by atoms with Crippen LogP contribution in [-0.4, -0.2) is 27.6 Å². The smallest absolute Gasteiger partial charge is 0.259 e. The van der Waals surface area contributed by atoms with Crippen LogP contribution in [0.3, 0.4) is 0 Å². The molecule has 0 aliphatic rings. The second-order valence-electron chi connectivity index (χ2n) is 6.82. The van der Waals surface area contributed by atoms with Gasteiger partial charge in [-0.15, -0.1) is 10.2 Å². The van der Waals surface area contributed by atoms with Crippen molar-refractivity contribution in [3.05, 3.63) is 69.2 Å². The third kappa shape index (κ3) is 7.04. The molecule has 3 aromatic rings. The molecule has 1 amide bonds. The van der Waals surface area contributed by atoms with Gasteiger partial charge in [0.15, 0.2) is 10.1 Å². The third-order valence-corrected chi connectivity index (χ3v) is 6.99. The van der Waals surface area contributed by atoms with Crippen molar-refractivity contribution in [1.82, 2.24) is 10.2 Å². The number of aryl methyl sites for hydroxylation is 1. The largest absolute Gasteiger partial charge is 0.296 e. The van der Waals surface area contributed by atoms with Crippen molar-refractivity contribution in [1.29, 1.82) is 0 Å². The van der Waals surface area contributed by atoms with Gasteiger partial charge in [0, 0.05) is 10.6 Å². The molecule has 0 aliphatic carbocycles. The van der Waals surface area contributed by atoms with Crippen LogP contribution in [0.15, 0.2) is 46.8 Å². The number of unbranched alkanes of at least 4 members (excludes halogenated alkanes) is 2. The molecule has 3 rings (SSSR count). The first-order valence-electron chi connectivity index (χ1n) is 9.81. The number of amides is 1. The van der Waals surface area contributed by atoms with E-state index in [9.17, 15) is 9.59 Å². The Bertz CT molecular complexity index is 1060. The number of benzene rings is 2. The summed E-state index contributed by atoms with van der Waals surface area (Å²) in [6.07, 6.45) is 4.62. The highest BCUT2D eigenvalue weighted by Crippen LogP contribution is 2.28. The quantitative estimate of drug-likeness (QED) is 0.145. The Morgan fingerprint density at radius 1 is 1.06 bits per heavy atom. The molecule has 1 heterocycles. The highest BCUT2D eigenvalue weighted by atomic mass is 35.5. The predicted molar refractivity (Wildman–Crippen MR) is 129 cm³/mol. The first kappa shape index (κ1) is 23.7. The lowest BCUT2D eigenvalue weighted by Crippen LogP contribution is -2.12. The number of nitrogens with one attached hydrogen (secondary N) is 1. The van der Waals surface area contributed by atoms with E-state index in [0.717, 1.165) is 6.42 Å². The Hall–Kier alpha value is -1.93. The average Bonchev–Trinajstić information content (AvgIpc) is 3.20. The van der Waals surface area contributed by atoms with E-state index in [2.05, 4.69) is 22.4 Å². The first-order valence-corrected chi connectivity index (χ1v) is 12.4. The number of Topliss-reactive ketones (excluding diaryl/α,β-unsaturated/α-hetero) is 1. The number of hydrogen-bond acceptors (Lipinski definition) is 6. The molecule has 0 unspecified atom stereocenters. The minimum Gasteiger partial charge on any atom is -0.296 e. The minimum absolute atomic E-state index is 0.0267. The Morgan fingerprint density at radius 2 is 1.84 bits per heavy atom. The number of rotatable bonds is 10. The van der Waals surface area contributed by atoms with E-state index in [4.69, 9.17) is 23.2 Å². The predicted octanol–water partition coefficient (Wildman–Crippen LogP) is 6.80. The molecule has 0 spiro atoms. The van der Waals surface area contributed by atoms with E-state index < -0.39 is 5.91 Å². The molecule has 31 heavy (non-hydrogen) atoms. The van der Waals surface area contributed by atoms with E-state index in [1.54, 1.807) is 12.1 Å². The normalized spacial score (nSPS) is 10.8. The maximum absolute atomic E-state index is 12.5. The van der Waals surface area contributed by atoms with Gasteiger partial charge in [-0.2, -0.15) is 0 Å². The fraction of sp³-hybridized carbons (Fsp3) is 0.273. The van der Waals surface area contributed by atoms with Gasteiger partial charge < -0.3 is 0 Å². The van der Waals surface area contributed by atoms with Crippen molar-refractivity contribution >= 4 is 63.1 Å². The molecule has 5 nitrogen and oxygen atoms in total. The van der Waals surface area contributed by atoms with Gasteiger partial charge in [0.1, 0.15) is 0 Å². The van der Waals surface area contributed by atoms with Gasteiger partial charge >= 0.3 is 0 Å². The summed E-state index contributed by atoms with van der Waals surface area (Å²) in [6, 6.07) is 12.4. The summed E-state index contributed by atoms with van der Waals surface area (Å²) in [5, 5.41) is 11.7. The lowest BCUT2D eigenvalue weighted by molar-refractivity contribution is 0.101. The zero-order valence-corrected chi connectivity index (χ0v) is 20.0. The maximum atomic E-state index is 12.5. The van der Waals surface area contributed by atoms with E-state index in [-0.39, 0.29) is 16.6 Å². The topological polar surface area (TPSA) is 72.0 Å². The van der Waals surface area contributed by atoms with Gasteiger partial charge in [-0.25, -0.2) is 0 Å². The number of carbonyl (C=O) groups is 2. The van der Waals surface area contributed by atoms with Gasteiger partial charge in [-0.1, -0.05) is 90.3 Å². The van der Waals surface area contributed by atoms with E-state index in [1.165, 1.54) is 54.0 Å². The summed E-state index contributed by atoms with van der Waals surface area (Å²) in [6.45, 7) is 2.18. The molecule has 0 radical (unpaired) electrons. The number of carbonyl (C=O) groups excluding carboxylic acids is 2. The highest BCUT2D eigenvalue weighted by Gasteiger charge is 2.15. The number of aromatic nitrogens is 2. The zero-order chi connectivity index (χ0) is 22.2. The summed E-state index contributed by atoms with van der Waals surface area (Å²) < 4.78 is 0.599. The Morgan fingerprint density at radius 3 is 2.55 bits per heavy atom. The van der Waals surface area contributed by atoms with E-state index in [1.807, 2.05) is 24.3 Å². The molecule has 2 aromatic carbocycles. The van der Waals surface area contributed by atoms with Crippen LogP contribution in [0.4, 0.5) is 5.13 Å². The van der Waals surface area contributed by atoms with Gasteiger partial charge in [0.05, 0.1) is 16.3 Å². The molecule has 0 atom stereocenters. The van der Waals surface area contributed by atoms with Crippen molar-refractivity contribution in [2.75, 3.05) is 11.1 Å². The van der Waals surface area contributed by atoms with Crippen LogP contribution in [0.1, 0.15) is 52.5 Å². The molecule has 0 saturated carbocycles. The monoisotopic (exact) mass is 493 g/mol. The first-order chi connectivity index (χ1) is 15.0. The fourth-order valence-electron chi connectivity index (χ4n) is 2.80. The van der Waals surface area contributed by atoms with Crippen LogP contribution in [0.5, 0.6) is 0 Å². The number of nitrogens with zero attached hydrogens (tertiary/aromatic N) is 2. The molecule has 0 bridgehead atoms. The molecule has 0 aliphatic heterocycles. The standard InChI is InChI=1S/C22H21Cl2N3O2S2/c1-2-3-4-5-14-6-8-15(9-7-14)19(28)13-30-22-27-26-21(31-22)25-20(29)17-11-10-16(23)12-18(17)24/h6-12H,2-5,13H2,1H3,(H,25,26,29). The SMILES string of the molecule is CCCCCc1ccc(C(=O)CSc2nnc(NC(=O)c3ccc(Cl)cc3Cl)s2)cc1. The fourth-order valence-corrected chi connectivity index (χ4v) is 4.94. The second kappa shape index (κ2) is 11.6. The summed E-state index contributed by atoms with van der Waals surface area (Å²) in [4.78, 5) is 24.8. The summed E-state index contributed by atoms with van der Waals surface area (Å²) in [5.74, 6) is -0.121. The van der Waals surface area contributed by atoms with Crippen LogP contribution >= 0.6 is 46.3 Å². The number of thioether (sulfide) groups is 1. The maximum Gasteiger partial charge on any atom is 0.259 e. The van der Waals surface area contributed by atoms with Crippen LogP contribution in [0, 0.1) is 0 Å². The molecule has 1 N–H and O–H groups in total. The Kier molecular flexibility index (Phi) is 8.90. The van der Waals surface area contributed by atoms with Crippen molar-refractivity contribution in [3.63, 3.8) is 0 Å². The van der Waals surface area contributed by atoms with Crippen LogP contribution in [0.2, 0.25) is 10.0 Å². The Labute approximate surface area is 199 Å². The third-order valence-electron chi connectivity index (χ3n) is 4.47. The van der Waals surface area contributed by atoms with Crippen LogP contribution in [0.25, 0.3) is 0 Å². The minimum atomic E-state index is -0.399. The highest BCUT2D eigenvalue weighted by molar-refractivity contribution is 8.01.